The molecule has 5 heteroatoms. The lowest BCUT2D eigenvalue weighted by Gasteiger charge is -2.14. The second kappa shape index (κ2) is 6.65. The third-order valence-electron chi connectivity index (χ3n) is 2.67. The molecule has 1 N–H and O–H groups in total. The number of hydrogen-bond donors (Lipinski definition) is 1. The molecular formula is C14H10Br2FIO. The Kier molecular flexibility index (Phi) is 5.39. The van der Waals surface area contributed by atoms with Gasteiger partial charge in [-0.3, -0.25) is 0 Å². The number of halogens is 4. The van der Waals surface area contributed by atoms with Gasteiger partial charge >= 0.3 is 0 Å². The van der Waals surface area contributed by atoms with Crippen LogP contribution in [0, 0.1) is 9.39 Å². The van der Waals surface area contributed by atoms with E-state index in [9.17, 15) is 9.50 Å². The Hall–Kier alpha value is 0.0200. The maximum Gasteiger partial charge on any atom is 0.124 e. The van der Waals surface area contributed by atoms with Crippen LogP contribution in [0.3, 0.4) is 0 Å². The molecule has 2 aromatic rings. The van der Waals surface area contributed by atoms with E-state index >= 15 is 0 Å². The number of hydrogen-bond acceptors (Lipinski definition) is 1. The average Bonchev–Trinajstić information content (AvgIpc) is 2.30. The predicted molar refractivity (Wildman–Crippen MR) is 89.6 cm³/mol. The van der Waals surface area contributed by atoms with E-state index in [-0.39, 0.29) is 5.82 Å². The maximum absolute atomic E-state index is 13.3. The van der Waals surface area contributed by atoms with Crippen molar-refractivity contribution < 1.29 is 9.50 Å². The van der Waals surface area contributed by atoms with Gasteiger partial charge in [-0.25, -0.2) is 4.39 Å². The molecule has 100 valence electrons. The van der Waals surface area contributed by atoms with Crippen LogP contribution in [-0.4, -0.2) is 5.11 Å². The minimum absolute atomic E-state index is 0.305. The summed E-state index contributed by atoms with van der Waals surface area (Å²) in [6.07, 6.45) is -0.277. The molecule has 0 fully saturated rings. The summed E-state index contributed by atoms with van der Waals surface area (Å²) < 4.78 is 15.9. The van der Waals surface area contributed by atoms with Crippen molar-refractivity contribution in [2.24, 2.45) is 0 Å². The predicted octanol–water partition coefficient (Wildman–Crippen LogP) is 5.23. The summed E-state index contributed by atoms with van der Waals surface area (Å²) >= 11 is 8.83. The lowest BCUT2D eigenvalue weighted by atomic mass is 10.0. The fourth-order valence-electron chi connectivity index (χ4n) is 1.83. The Morgan fingerprint density at radius 1 is 1.11 bits per heavy atom. The summed E-state index contributed by atoms with van der Waals surface area (Å²) in [6, 6.07) is 10.4. The van der Waals surface area contributed by atoms with Crippen LogP contribution in [0.2, 0.25) is 0 Å². The molecule has 1 nitrogen and oxygen atoms in total. The zero-order valence-electron chi connectivity index (χ0n) is 9.71. The molecule has 0 aliphatic carbocycles. The molecule has 19 heavy (non-hydrogen) atoms. The highest BCUT2D eigenvalue weighted by molar-refractivity contribution is 14.1. The molecule has 0 bridgehead atoms. The average molecular weight is 500 g/mol. The molecule has 2 aromatic carbocycles. The molecule has 1 atom stereocenters. The van der Waals surface area contributed by atoms with Gasteiger partial charge in [-0.1, -0.05) is 31.9 Å². The van der Waals surface area contributed by atoms with Crippen LogP contribution < -0.4 is 0 Å². The van der Waals surface area contributed by atoms with Crippen LogP contribution in [0.1, 0.15) is 17.2 Å². The third kappa shape index (κ3) is 4.24. The molecule has 2 rings (SSSR count). The van der Waals surface area contributed by atoms with E-state index in [4.69, 9.17) is 0 Å². The molecule has 0 amide bonds. The summed E-state index contributed by atoms with van der Waals surface area (Å²) in [4.78, 5) is 0. The smallest absolute Gasteiger partial charge is 0.124 e. The Morgan fingerprint density at radius 3 is 2.53 bits per heavy atom. The summed E-state index contributed by atoms with van der Waals surface area (Å²) in [5.41, 5.74) is 1.60. The molecule has 0 aliphatic rings. The van der Waals surface area contributed by atoms with Crippen LogP contribution in [0.15, 0.2) is 45.3 Å². The maximum atomic E-state index is 13.3. The Labute approximate surface area is 141 Å². The lowest BCUT2D eigenvalue weighted by molar-refractivity contribution is 0.177. The van der Waals surface area contributed by atoms with E-state index in [0.717, 1.165) is 19.2 Å². The van der Waals surface area contributed by atoms with Crippen LogP contribution in [0.5, 0.6) is 0 Å². The van der Waals surface area contributed by atoms with Gasteiger partial charge in [0.05, 0.1) is 6.10 Å². The first-order valence-electron chi connectivity index (χ1n) is 5.53. The Balaban J connectivity index is 2.25. The summed E-state index contributed by atoms with van der Waals surface area (Å²) in [6.45, 7) is 0. The number of aliphatic hydroxyl groups is 1. The standard InChI is InChI=1S/C14H10Br2FIO/c15-9-1-2-13(18)12(7-9)14(19)5-8-3-10(16)6-11(17)4-8/h1-4,6-7,14,19H,5H2. The first-order valence-corrected chi connectivity index (χ1v) is 8.20. The van der Waals surface area contributed by atoms with E-state index < -0.39 is 6.10 Å². The molecular weight excluding hydrogens is 490 g/mol. The van der Waals surface area contributed by atoms with Gasteiger partial charge in [0.1, 0.15) is 5.82 Å². The molecule has 0 saturated heterocycles. The second-order valence-electron chi connectivity index (χ2n) is 4.16. The van der Waals surface area contributed by atoms with Gasteiger partial charge in [0, 0.05) is 18.9 Å². The van der Waals surface area contributed by atoms with Gasteiger partial charge in [-0.05, 0) is 70.1 Å². The normalized spacial score (nSPS) is 12.5. The fraction of sp³-hybridized carbons (Fsp3) is 0.143. The van der Waals surface area contributed by atoms with E-state index in [1.54, 1.807) is 0 Å². The topological polar surface area (TPSA) is 20.2 Å². The van der Waals surface area contributed by atoms with Crippen molar-refractivity contribution in [3.05, 3.63) is 65.9 Å². The van der Waals surface area contributed by atoms with Crippen LogP contribution in [0.25, 0.3) is 0 Å². The second-order valence-corrected chi connectivity index (χ2v) is 7.16. The summed E-state index contributed by atoms with van der Waals surface area (Å²) in [7, 11) is 0. The van der Waals surface area contributed by atoms with Gasteiger partial charge in [0.2, 0.25) is 0 Å². The number of benzene rings is 2. The van der Waals surface area contributed by atoms with Crippen LogP contribution in [0.4, 0.5) is 4.39 Å². The van der Waals surface area contributed by atoms with Crippen LogP contribution >= 0.6 is 54.5 Å². The Morgan fingerprint density at radius 2 is 1.84 bits per heavy atom. The van der Waals surface area contributed by atoms with Crippen molar-refractivity contribution in [2.75, 3.05) is 0 Å². The van der Waals surface area contributed by atoms with Gasteiger partial charge in [-0.15, -0.1) is 0 Å². The van der Waals surface area contributed by atoms with Crippen molar-refractivity contribution in [1.82, 2.24) is 0 Å². The lowest BCUT2D eigenvalue weighted by Crippen LogP contribution is -2.04. The number of rotatable bonds is 3. The van der Waals surface area contributed by atoms with Gasteiger partial charge < -0.3 is 5.11 Å². The molecule has 0 heterocycles. The largest absolute Gasteiger partial charge is 0.388 e. The van der Waals surface area contributed by atoms with Crippen molar-refractivity contribution in [3.8, 4) is 0 Å². The highest BCUT2D eigenvalue weighted by Crippen LogP contribution is 2.27. The molecule has 0 aliphatic heterocycles. The third-order valence-corrected chi connectivity index (χ3v) is 4.60. The quantitative estimate of drug-likeness (QED) is 0.573. The van der Waals surface area contributed by atoms with E-state index in [1.807, 2.05) is 24.3 Å². The zero-order chi connectivity index (χ0) is 14.0. The molecule has 1 unspecified atom stereocenters. The molecule has 0 aromatic heterocycles. The van der Waals surface area contributed by atoms with Crippen molar-refractivity contribution in [2.45, 2.75) is 12.5 Å². The molecule has 0 radical (unpaired) electrons. The van der Waals surface area contributed by atoms with Crippen LogP contribution in [-0.2, 0) is 6.42 Å². The SMILES string of the molecule is OC(Cc1cc(F)cc(Br)c1)c1cc(Br)ccc1I. The monoisotopic (exact) mass is 498 g/mol. The van der Waals surface area contributed by atoms with Crippen molar-refractivity contribution in [3.63, 3.8) is 0 Å². The zero-order valence-corrected chi connectivity index (χ0v) is 15.0. The highest BCUT2D eigenvalue weighted by atomic mass is 127. The Bertz CT molecular complexity index is 584. The minimum Gasteiger partial charge on any atom is -0.388 e. The number of aliphatic hydroxyl groups excluding tert-OH is 1. The first-order chi connectivity index (χ1) is 8.95. The van der Waals surface area contributed by atoms with Gasteiger partial charge in [0.15, 0.2) is 0 Å². The summed E-state index contributed by atoms with van der Waals surface area (Å²) in [5, 5.41) is 10.3. The fourth-order valence-corrected chi connectivity index (χ4v) is 3.42. The van der Waals surface area contributed by atoms with Gasteiger partial charge in [0.25, 0.3) is 0 Å². The molecule has 0 spiro atoms. The van der Waals surface area contributed by atoms with E-state index in [1.165, 1.54) is 12.1 Å². The minimum atomic E-state index is -0.655. The van der Waals surface area contributed by atoms with E-state index in [0.29, 0.717) is 10.9 Å². The summed E-state index contributed by atoms with van der Waals surface area (Å²) in [5.74, 6) is -0.305. The first kappa shape index (κ1) is 15.4. The van der Waals surface area contributed by atoms with Crippen molar-refractivity contribution >= 4 is 54.5 Å². The van der Waals surface area contributed by atoms with E-state index in [2.05, 4.69) is 54.5 Å². The highest BCUT2D eigenvalue weighted by Gasteiger charge is 2.13. The van der Waals surface area contributed by atoms with Gasteiger partial charge in [-0.2, -0.15) is 0 Å². The van der Waals surface area contributed by atoms with Crippen molar-refractivity contribution in [1.29, 1.82) is 0 Å². The molecule has 0 saturated carbocycles.